The first-order valence-electron chi connectivity index (χ1n) is 5.00. The molecule has 0 unspecified atom stereocenters. The van der Waals surface area contributed by atoms with Crippen LogP contribution < -0.4 is 4.74 Å². The molecule has 0 fully saturated rings. The predicted molar refractivity (Wildman–Crippen MR) is 81.3 cm³/mol. The van der Waals surface area contributed by atoms with Gasteiger partial charge in [0.2, 0.25) is 5.88 Å². The summed E-state index contributed by atoms with van der Waals surface area (Å²) < 4.78 is 5.05. The van der Waals surface area contributed by atoms with E-state index in [2.05, 4.69) is 4.98 Å². The lowest BCUT2D eigenvalue weighted by Gasteiger charge is -2.12. The number of aromatic nitrogens is 1. The van der Waals surface area contributed by atoms with Crippen LogP contribution >= 0.6 is 58.0 Å². The minimum absolute atomic E-state index is 0.116. The van der Waals surface area contributed by atoms with Crippen LogP contribution in [0.15, 0.2) is 18.2 Å². The summed E-state index contributed by atoms with van der Waals surface area (Å²) in [5.41, 5.74) is 0.913. The van der Waals surface area contributed by atoms with E-state index in [9.17, 15) is 0 Å². The van der Waals surface area contributed by atoms with Crippen LogP contribution in [0.25, 0.3) is 11.3 Å². The van der Waals surface area contributed by atoms with Crippen LogP contribution in [-0.4, -0.2) is 12.1 Å². The van der Waals surface area contributed by atoms with Gasteiger partial charge in [-0.3, -0.25) is 0 Å². The lowest BCUT2D eigenvalue weighted by molar-refractivity contribution is 0.398. The number of methoxy groups -OCH3 is 1. The topological polar surface area (TPSA) is 22.1 Å². The largest absolute Gasteiger partial charge is 0.481 e. The van der Waals surface area contributed by atoms with Gasteiger partial charge in [0.25, 0.3) is 0 Å². The van der Waals surface area contributed by atoms with Crippen LogP contribution in [0.2, 0.25) is 25.1 Å². The smallest absolute Gasteiger partial charge is 0.213 e. The monoisotopic (exact) mass is 355 g/mol. The van der Waals surface area contributed by atoms with E-state index in [4.69, 9.17) is 62.7 Å². The molecule has 0 saturated heterocycles. The fourth-order valence-corrected chi connectivity index (χ4v) is 2.83. The van der Waals surface area contributed by atoms with Crippen LogP contribution in [0.4, 0.5) is 0 Å². The van der Waals surface area contributed by atoms with Gasteiger partial charge >= 0.3 is 0 Å². The second-order valence-electron chi connectivity index (χ2n) is 3.51. The first kappa shape index (κ1) is 15.0. The van der Waals surface area contributed by atoms with Crippen LogP contribution in [0.1, 0.15) is 0 Å². The van der Waals surface area contributed by atoms with Gasteiger partial charge in [0.1, 0.15) is 0 Å². The summed E-state index contributed by atoms with van der Waals surface area (Å²) in [6, 6.07) is 5.17. The Morgan fingerprint density at radius 2 is 1.37 bits per heavy atom. The summed E-state index contributed by atoms with van der Waals surface area (Å²) >= 11 is 30.3. The highest BCUT2D eigenvalue weighted by Gasteiger charge is 2.21. The lowest BCUT2D eigenvalue weighted by atomic mass is 10.1. The molecule has 0 aliphatic carbocycles. The van der Waals surface area contributed by atoms with Gasteiger partial charge in [-0.15, -0.1) is 0 Å². The van der Waals surface area contributed by atoms with E-state index in [-0.39, 0.29) is 25.1 Å². The molecule has 0 N–H and O–H groups in total. The number of nitrogens with zero attached hydrogens (tertiary/aromatic N) is 1. The highest BCUT2D eigenvalue weighted by atomic mass is 35.5. The van der Waals surface area contributed by atoms with Crippen molar-refractivity contribution in [2.24, 2.45) is 0 Å². The van der Waals surface area contributed by atoms with Crippen molar-refractivity contribution < 1.29 is 4.74 Å². The molecule has 19 heavy (non-hydrogen) atoms. The molecule has 1 aromatic carbocycles. The Morgan fingerprint density at radius 3 is 1.89 bits per heavy atom. The lowest BCUT2D eigenvalue weighted by Crippen LogP contribution is -1.92. The molecule has 2 aromatic rings. The zero-order valence-corrected chi connectivity index (χ0v) is 13.3. The third kappa shape index (κ3) is 2.74. The number of hydrogen-bond acceptors (Lipinski definition) is 2. The van der Waals surface area contributed by atoms with Crippen molar-refractivity contribution in [1.29, 1.82) is 0 Å². The summed E-state index contributed by atoms with van der Waals surface area (Å²) in [7, 11) is 1.51. The van der Waals surface area contributed by atoms with E-state index in [1.807, 2.05) is 0 Å². The molecule has 0 amide bonds. The fourth-order valence-electron chi connectivity index (χ4n) is 1.50. The summed E-state index contributed by atoms with van der Waals surface area (Å²) in [5, 5.41) is 0.781. The summed E-state index contributed by atoms with van der Waals surface area (Å²) in [6.45, 7) is 0. The predicted octanol–water partition coefficient (Wildman–Crippen LogP) is 6.02. The summed E-state index contributed by atoms with van der Waals surface area (Å²) in [5.74, 6) is 0.423. The average molecular weight is 357 g/mol. The molecule has 0 radical (unpaired) electrons. The number of pyridine rings is 1. The third-order valence-corrected chi connectivity index (χ3v) is 4.68. The van der Waals surface area contributed by atoms with Gasteiger partial charge in [0.15, 0.2) is 0 Å². The van der Waals surface area contributed by atoms with Gasteiger partial charge in [-0.2, -0.15) is 0 Å². The van der Waals surface area contributed by atoms with E-state index >= 15 is 0 Å². The van der Waals surface area contributed by atoms with Crippen molar-refractivity contribution in [2.45, 2.75) is 0 Å². The van der Waals surface area contributed by atoms with Crippen LogP contribution in [0.3, 0.4) is 0 Å². The molecule has 0 aliphatic heterocycles. The Kier molecular flexibility index (Phi) is 4.70. The Bertz CT molecular complexity index is 615. The molecule has 0 spiro atoms. The van der Waals surface area contributed by atoms with E-state index in [0.29, 0.717) is 17.1 Å². The Balaban J connectivity index is 2.75. The first-order chi connectivity index (χ1) is 8.97. The third-order valence-electron chi connectivity index (χ3n) is 2.40. The molecule has 1 heterocycles. The molecule has 7 heteroatoms. The molecule has 0 bridgehead atoms. The van der Waals surface area contributed by atoms with Gasteiger partial charge in [0.05, 0.1) is 37.9 Å². The van der Waals surface area contributed by atoms with Gasteiger partial charge < -0.3 is 4.74 Å². The van der Waals surface area contributed by atoms with Crippen molar-refractivity contribution >= 4 is 58.0 Å². The Labute approximate surface area is 135 Å². The van der Waals surface area contributed by atoms with Crippen molar-refractivity contribution in [3.05, 3.63) is 43.3 Å². The van der Waals surface area contributed by atoms with Crippen LogP contribution in [-0.2, 0) is 0 Å². The molecule has 0 saturated carbocycles. The Hall–Kier alpha value is -0.380. The number of benzene rings is 1. The van der Waals surface area contributed by atoms with E-state index in [1.165, 1.54) is 7.11 Å². The minimum Gasteiger partial charge on any atom is -0.481 e. The minimum atomic E-state index is 0.116. The molecule has 0 atom stereocenters. The molecular weight excluding hydrogens is 351 g/mol. The van der Waals surface area contributed by atoms with Gasteiger partial charge in [-0.25, -0.2) is 4.98 Å². The van der Waals surface area contributed by atoms with Crippen LogP contribution in [0.5, 0.6) is 5.88 Å². The van der Waals surface area contributed by atoms with Gasteiger partial charge in [-0.05, 0) is 6.07 Å². The first-order valence-corrected chi connectivity index (χ1v) is 6.89. The maximum atomic E-state index is 6.17. The highest BCUT2D eigenvalue weighted by Crippen LogP contribution is 2.47. The normalized spacial score (nSPS) is 10.6. The molecule has 2 rings (SSSR count). The van der Waals surface area contributed by atoms with E-state index in [0.717, 1.165) is 0 Å². The number of hydrogen-bond donors (Lipinski definition) is 0. The molecule has 100 valence electrons. The average Bonchev–Trinajstić information content (AvgIpc) is 2.43. The quantitative estimate of drug-likeness (QED) is 0.484. The summed E-state index contributed by atoms with van der Waals surface area (Å²) in [4.78, 5) is 4.24. The maximum Gasteiger partial charge on any atom is 0.213 e. The second kappa shape index (κ2) is 5.94. The van der Waals surface area contributed by atoms with E-state index in [1.54, 1.807) is 18.2 Å². The fraction of sp³-hybridized carbons (Fsp3) is 0.0833. The molecule has 1 aromatic heterocycles. The number of ether oxygens (including phenoxy) is 1. The number of halogens is 5. The van der Waals surface area contributed by atoms with Crippen LogP contribution in [0, 0.1) is 0 Å². The van der Waals surface area contributed by atoms with Gasteiger partial charge in [-0.1, -0.05) is 64.1 Å². The molecule has 0 aliphatic rings. The van der Waals surface area contributed by atoms with Crippen molar-refractivity contribution in [3.63, 3.8) is 0 Å². The standard InChI is InChI=1S/C12H6Cl5NO/c1-19-6-4-2-3-5(18-6)7-8(13)10(15)12(17)11(16)9(7)14/h2-4H,1H3. The summed E-state index contributed by atoms with van der Waals surface area (Å²) in [6.07, 6.45) is 0. The maximum absolute atomic E-state index is 6.17. The Morgan fingerprint density at radius 1 is 0.842 bits per heavy atom. The zero-order chi connectivity index (χ0) is 14.2. The van der Waals surface area contributed by atoms with Crippen molar-refractivity contribution in [3.8, 4) is 17.1 Å². The molecular formula is C12H6Cl5NO. The van der Waals surface area contributed by atoms with Crippen molar-refractivity contribution in [1.82, 2.24) is 4.98 Å². The second-order valence-corrected chi connectivity index (χ2v) is 5.40. The number of rotatable bonds is 2. The molecule has 2 nitrogen and oxygen atoms in total. The van der Waals surface area contributed by atoms with Gasteiger partial charge in [0, 0.05) is 11.6 Å². The SMILES string of the molecule is COc1cccc(-c2c(Cl)c(Cl)c(Cl)c(Cl)c2Cl)n1. The highest BCUT2D eigenvalue weighted by molar-refractivity contribution is 6.56. The zero-order valence-electron chi connectivity index (χ0n) is 9.48. The van der Waals surface area contributed by atoms with Crippen molar-refractivity contribution in [2.75, 3.05) is 7.11 Å². The van der Waals surface area contributed by atoms with E-state index < -0.39 is 0 Å².